The van der Waals surface area contributed by atoms with Gasteiger partial charge in [0.05, 0.1) is 11.4 Å². The Morgan fingerprint density at radius 3 is 2.69 bits per heavy atom. The number of anilines is 2. The van der Waals surface area contributed by atoms with E-state index in [1.807, 2.05) is 38.1 Å². The van der Waals surface area contributed by atoms with Crippen molar-refractivity contribution in [2.45, 2.75) is 26.7 Å². The topological polar surface area (TPSA) is 114 Å². The average Bonchev–Trinajstić information content (AvgIpc) is 3.41. The molecule has 0 aliphatic heterocycles. The van der Waals surface area contributed by atoms with Crippen LogP contribution in [0.4, 0.5) is 15.9 Å². The number of rotatable bonds is 8. The lowest BCUT2D eigenvalue weighted by atomic mass is 10.1. The molecule has 0 unspecified atom stereocenters. The summed E-state index contributed by atoms with van der Waals surface area (Å²) < 4.78 is 20.8. The van der Waals surface area contributed by atoms with Crippen molar-refractivity contribution < 1.29 is 9.13 Å². The Labute approximate surface area is 206 Å². The molecule has 2 N–H and O–H groups in total. The smallest absolute Gasteiger partial charge is 0.155 e. The summed E-state index contributed by atoms with van der Waals surface area (Å²) in [6.07, 6.45) is 4.58. The fraction of sp³-hybridized carbons (Fsp3) is 0.154. The predicted molar refractivity (Wildman–Crippen MR) is 133 cm³/mol. The second-order valence-corrected chi connectivity index (χ2v) is 8.22. The number of ether oxygens (including phenoxy) is 1. The summed E-state index contributed by atoms with van der Waals surface area (Å²) in [4.78, 5) is 13.5. The number of aromatic amines is 1. The minimum atomic E-state index is -0.385. The van der Waals surface area contributed by atoms with E-state index in [9.17, 15) is 4.39 Å². The number of hydrogen-bond acceptors (Lipinski definition) is 8. The van der Waals surface area contributed by atoms with Crippen LogP contribution >= 0.6 is 0 Å². The van der Waals surface area contributed by atoms with E-state index in [1.54, 1.807) is 36.7 Å². The van der Waals surface area contributed by atoms with Crippen LogP contribution in [0.25, 0.3) is 11.4 Å². The van der Waals surface area contributed by atoms with Gasteiger partial charge in [-0.1, -0.05) is 12.1 Å². The van der Waals surface area contributed by atoms with Crippen molar-refractivity contribution in [1.29, 1.82) is 0 Å². The van der Waals surface area contributed by atoms with E-state index in [4.69, 9.17) is 9.72 Å². The largest absolute Gasteiger partial charge is 0.455 e. The molecule has 0 radical (unpaired) electrons. The van der Waals surface area contributed by atoms with Gasteiger partial charge in [-0.15, -0.1) is 5.10 Å². The van der Waals surface area contributed by atoms with E-state index in [-0.39, 0.29) is 5.82 Å². The van der Waals surface area contributed by atoms with Crippen LogP contribution in [-0.4, -0.2) is 35.6 Å². The summed E-state index contributed by atoms with van der Waals surface area (Å²) in [5.74, 6) is 1.84. The standard InChI is InChI=1S/C26H23FN8O/c1-16-13-23(26(30-17(16)2)21-5-3-4-11-28-21)36-19-10-12-29-25(15-19)31-22-14-18(6-8-20(22)27)7-9-24-32-34-35-33-24/h3-6,8,10-15H,7,9H2,1-2H3,(H,29,31)(H,32,33,34,35). The molecule has 0 bridgehead atoms. The minimum absolute atomic E-state index is 0.315. The highest BCUT2D eigenvalue weighted by Crippen LogP contribution is 2.33. The summed E-state index contributed by atoms with van der Waals surface area (Å²) in [5.41, 5.74) is 4.50. The highest BCUT2D eigenvalue weighted by molar-refractivity contribution is 5.65. The Hall–Kier alpha value is -4.73. The van der Waals surface area contributed by atoms with Gasteiger partial charge < -0.3 is 10.1 Å². The van der Waals surface area contributed by atoms with E-state index in [1.165, 1.54) is 6.07 Å². The van der Waals surface area contributed by atoms with Crippen LogP contribution in [0.3, 0.4) is 0 Å². The van der Waals surface area contributed by atoms with Crippen molar-refractivity contribution >= 4 is 11.5 Å². The Kier molecular flexibility index (Phi) is 6.57. The molecule has 9 nitrogen and oxygen atoms in total. The van der Waals surface area contributed by atoms with Gasteiger partial charge in [-0.25, -0.2) is 19.5 Å². The van der Waals surface area contributed by atoms with Crippen LogP contribution in [0.15, 0.2) is 67.0 Å². The first kappa shape index (κ1) is 23.0. The van der Waals surface area contributed by atoms with Gasteiger partial charge in [0.1, 0.15) is 28.9 Å². The molecule has 5 aromatic rings. The maximum atomic E-state index is 14.6. The van der Waals surface area contributed by atoms with Crippen LogP contribution in [0.5, 0.6) is 11.5 Å². The SMILES string of the molecule is Cc1cc(Oc2ccnc(Nc3cc(CCc4nnn[nH]4)ccc3F)c2)c(-c2ccccn2)nc1C. The summed E-state index contributed by atoms with van der Waals surface area (Å²) in [6.45, 7) is 3.93. The summed E-state index contributed by atoms with van der Waals surface area (Å²) >= 11 is 0. The maximum absolute atomic E-state index is 14.6. The van der Waals surface area contributed by atoms with Gasteiger partial charge in [0.2, 0.25) is 0 Å². The van der Waals surface area contributed by atoms with Crippen molar-refractivity contribution in [3.63, 3.8) is 0 Å². The van der Waals surface area contributed by atoms with Crippen LogP contribution in [0.2, 0.25) is 0 Å². The molecular weight excluding hydrogens is 459 g/mol. The Morgan fingerprint density at radius 1 is 0.972 bits per heavy atom. The number of aromatic nitrogens is 7. The van der Waals surface area contributed by atoms with Crippen LogP contribution in [0.1, 0.15) is 22.6 Å². The second kappa shape index (κ2) is 10.3. The molecule has 4 aromatic heterocycles. The third kappa shape index (κ3) is 5.33. The first-order valence-electron chi connectivity index (χ1n) is 11.4. The van der Waals surface area contributed by atoms with Crippen molar-refractivity contribution in [3.8, 4) is 22.9 Å². The molecule has 0 spiro atoms. The second-order valence-electron chi connectivity index (χ2n) is 8.22. The summed E-state index contributed by atoms with van der Waals surface area (Å²) in [6, 6.07) is 15.9. The number of nitrogens with one attached hydrogen (secondary N) is 2. The Morgan fingerprint density at radius 2 is 1.89 bits per heavy atom. The molecule has 0 atom stereocenters. The minimum Gasteiger partial charge on any atom is -0.455 e. The molecule has 180 valence electrons. The zero-order chi connectivity index (χ0) is 24.9. The van der Waals surface area contributed by atoms with Gasteiger partial charge in [0, 0.05) is 30.6 Å². The zero-order valence-electron chi connectivity index (χ0n) is 19.7. The number of pyridine rings is 3. The van der Waals surface area contributed by atoms with Crippen molar-refractivity contribution in [2.24, 2.45) is 0 Å². The lowest BCUT2D eigenvalue weighted by Gasteiger charge is -2.14. The average molecular weight is 483 g/mol. The van der Waals surface area contributed by atoms with Gasteiger partial charge in [-0.2, -0.15) is 0 Å². The normalized spacial score (nSPS) is 10.9. The number of tetrazole rings is 1. The fourth-order valence-electron chi connectivity index (χ4n) is 3.62. The number of H-pyrrole nitrogens is 1. The Balaban J connectivity index is 1.37. The molecule has 0 saturated carbocycles. The lowest BCUT2D eigenvalue weighted by molar-refractivity contribution is 0.481. The number of hydrogen-bond donors (Lipinski definition) is 2. The molecule has 0 fully saturated rings. The predicted octanol–water partition coefficient (Wildman–Crippen LogP) is 5.13. The molecule has 0 amide bonds. The van der Waals surface area contributed by atoms with Crippen molar-refractivity contribution in [3.05, 3.63) is 95.5 Å². The van der Waals surface area contributed by atoms with E-state index in [2.05, 4.69) is 35.9 Å². The molecule has 5 rings (SSSR count). The van der Waals surface area contributed by atoms with Gasteiger partial charge in [-0.3, -0.25) is 4.98 Å². The van der Waals surface area contributed by atoms with Crippen molar-refractivity contribution in [2.75, 3.05) is 5.32 Å². The van der Waals surface area contributed by atoms with Crippen LogP contribution < -0.4 is 10.1 Å². The highest BCUT2D eigenvalue weighted by Gasteiger charge is 2.14. The van der Waals surface area contributed by atoms with Gasteiger partial charge in [0.25, 0.3) is 0 Å². The molecule has 0 saturated heterocycles. The molecule has 4 heterocycles. The highest BCUT2D eigenvalue weighted by atomic mass is 19.1. The number of benzene rings is 1. The first-order chi connectivity index (χ1) is 17.5. The molecule has 36 heavy (non-hydrogen) atoms. The van der Waals surface area contributed by atoms with Crippen molar-refractivity contribution in [1.82, 2.24) is 35.6 Å². The molecule has 1 aromatic carbocycles. The van der Waals surface area contributed by atoms with E-state index in [0.29, 0.717) is 53.1 Å². The third-order valence-electron chi connectivity index (χ3n) is 5.63. The lowest BCUT2D eigenvalue weighted by Crippen LogP contribution is -2.00. The maximum Gasteiger partial charge on any atom is 0.155 e. The van der Waals surface area contributed by atoms with Crippen LogP contribution in [0, 0.1) is 19.7 Å². The molecular formula is C26H23FN8O. The van der Waals surface area contributed by atoms with Gasteiger partial charge in [-0.05, 0) is 78.2 Å². The van der Waals surface area contributed by atoms with E-state index in [0.717, 1.165) is 16.8 Å². The first-order valence-corrected chi connectivity index (χ1v) is 11.4. The number of aryl methyl sites for hydroxylation is 4. The van der Waals surface area contributed by atoms with Gasteiger partial charge in [0.15, 0.2) is 5.75 Å². The monoisotopic (exact) mass is 482 g/mol. The molecule has 10 heteroatoms. The molecule has 0 aliphatic carbocycles. The van der Waals surface area contributed by atoms with E-state index >= 15 is 0 Å². The number of nitrogens with zero attached hydrogens (tertiary/aromatic N) is 6. The summed E-state index contributed by atoms with van der Waals surface area (Å²) in [5, 5.41) is 16.8. The molecule has 0 aliphatic rings. The fourth-order valence-corrected chi connectivity index (χ4v) is 3.62. The van der Waals surface area contributed by atoms with E-state index < -0.39 is 0 Å². The summed E-state index contributed by atoms with van der Waals surface area (Å²) in [7, 11) is 0. The van der Waals surface area contributed by atoms with Gasteiger partial charge >= 0.3 is 0 Å². The van der Waals surface area contributed by atoms with Crippen LogP contribution in [-0.2, 0) is 12.8 Å². The Bertz CT molecular complexity index is 1480. The third-order valence-corrected chi connectivity index (χ3v) is 5.63. The zero-order valence-corrected chi connectivity index (χ0v) is 19.7. The number of halogens is 1. The quantitative estimate of drug-likeness (QED) is 0.313.